The van der Waals surface area contributed by atoms with Gasteiger partial charge in [-0.1, -0.05) is 18.2 Å². The van der Waals surface area contributed by atoms with Crippen LogP contribution in [0.1, 0.15) is 39.7 Å². The number of esters is 1. The molecule has 1 aliphatic rings. The molecule has 1 fully saturated rings. The molecule has 0 saturated carbocycles. The number of aliphatic hydroxyl groups is 1. The molecule has 0 bridgehead atoms. The Morgan fingerprint density at radius 1 is 1.29 bits per heavy atom. The third kappa shape index (κ3) is 6.85. The lowest BCUT2D eigenvalue weighted by Gasteiger charge is -2.28. The second-order valence-electron chi connectivity index (χ2n) is 10.5. The molecule has 0 aliphatic carbocycles. The molecule has 12 nitrogen and oxygen atoms in total. The van der Waals surface area contributed by atoms with Crippen LogP contribution >= 0.6 is 6.64 Å². The van der Waals surface area contributed by atoms with Crippen molar-refractivity contribution in [2.24, 2.45) is 0 Å². The molecule has 1 saturated heterocycles. The predicted octanol–water partition coefficient (Wildman–Crippen LogP) is 3.44. The lowest BCUT2D eigenvalue weighted by atomic mass is 9.98. The van der Waals surface area contributed by atoms with E-state index in [0.29, 0.717) is 28.6 Å². The van der Waals surface area contributed by atoms with Crippen LogP contribution in [-0.4, -0.2) is 81.3 Å². The first kappa shape index (κ1) is 31.2. The smallest absolute Gasteiger partial charge is 0.323 e. The molecule has 2 aromatic heterocycles. The van der Waals surface area contributed by atoms with Crippen molar-refractivity contribution >= 4 is 41.4 Å². The Bertz CT molecular complexity index is 1420. The second kappa shape index (κ2) is 12.2. The summed E-state index contributed by atoms with van der Waals surface area (Å²) >= 11 is 5.73. The number of alkyl halides is 1. The maximum Gasteiger partial charge on any atom is 0.323 e. The Balaban J connectivity index is 1.57. The summed E-state index contributed by atoms with van der Waals surface area (Å²) in [6.07, 6.45) is -2.92. The van der Waals surface area contributed by atoms with Crippen LogP contribution in [0.15, 0.2) is 36.7 Å². The van der Waals surface area contributed by atoms with Crippen molar-refractivity contribution in [3.05, 3.63) is 42.5 Å². The highest BCUT2D eigenvalue weighted by Gasteiger charge is 2.56. The lowest BCUT2D eigenvalue weighted by molar-refractivity contribution is -0.149. The number of para-hydroxylation sites is 1. The van der Waals surface area contributed by atoms with E-state index >= 15 is 4.39 Å². The number of aryl methyl sites for hydroxylation is 1. The largest absolute Gasteiger partial charge is 0.462 e. The van der Waals surface area contributed by atoms with Crippen LogP contribution in [0.4, 0.5) is 10.2 Å². The molecule has 3 aromatic rings. The van der Waals surface area contributed by atoms with Crippen LogP contribution < -0.4 is 14.5 Å². The summed E-state index contributed by atoms with van der Waals surface area (Å²) in [7, 11) is 3.64. The van der Waals surface area contributed by atoms with Gasteiger partial charge in [-0.2, -0.15) is 0 Å². The van der Waals surface area contributed by atoms with Gasteiger partial charge in [-0.05, 0) is 58.6 Å². The van der Waals surface area contributed by atoms with Gasteiger partial charge in [0.15, 0.2) is 28.9 Å². The standard InChI is InChI=1S/C26H36FN6O6PS/c1-15(2)37-24(35)16(3)31-40(41,39-18-11-9-8-10-12-18)36-13-19-21(34)26(5,27)25(38-19)33-14-28-20-22(32(6)7)29-17(4)30-23(20)33/h8-12,14-16,19,21,25,34H,13H2,1-7H3,(H,31,41)/t16-,19-,21-,25-,26-,40-/m1/s1. The topological polar surface area (TPSA) is 133 Å². The maximum absolute atomic E-state index is 16.1. The number of nitrogens with zero attached hydrogens (tertiary/aromatic N) is 5. The summed E-state index contributed by atoms with van der Waals surface area (Å²) in [4.78, 5) is 27.6. The number of nitrogens with one attached hydrogen (secondary N) is 1. The van der Waals surface area contributed by atoms with Crippen molar-refractivity contribution in [1.29, 1.82) is 0 Å². The van der Waals surface area contributed by atoms with Gasteiger partial charge in [-0.15, -0.1) is 0 Å². The lowest BCUT2D eigenvalue weighted by Crippen LogP contribution is -2.41. The molecule has 15 heteroatoms. The van der Waals surface area contributed by atoms with E-state index in [1.807, 2.05) is 20.2 Å². The number of carbonyl (C=O) groups is 1. The number of imidazole rings is 1. The number of aromatic nitrogens is 4. The van der Waals surface area contributed by atoms with Crippen LogP contribution in [0.3, 0.4) is 0 Å². The number of ether oxygens (including phenoxy) is 2. The van der Waals surface area contributed by atoms with E-state index < -0.39 is 42.8 Å². The molecule has 1 aliphatic heterocycles. The van der Waals surface area contributed by atoms with Crippen LogP contribution in [-0.2, 0) is 30.6 Å². The third-order valence-electron chi connectivity index (χ3n) is 6.34. The summed E-state index contributed by atoms with van der Waals surface area (Å²) < 4.78 is 40.9. The fraction of sp³-hybridized carbons (Fsp3) is 0.538. The van der Waals surface area contributed by atoms with E-state index in [2.05, 4.69) is 20.0 Å². The average Bonchev–Trinajstić information content (AvgIpc) is 3.40. The average molecular weight is 611 g/mol. The third-order valence-corrected chi connectivity index (χ3v) is 8.84. The van der Waals surface area contributed by atoms with Gasteiger partial charge in [0.25, 0.3) is 0 Å². The van der Waals surface area contributed by atoms with E-state index in [-0.39, 0.29) is 12.7 Å². The molecule has 3 heterocycles. The van der Waals surface area contributed by atoms with Gasteiger partial charge < -0.3 is 28.5 Å². The number of hydrogen-bond donors (Lipinski definition) is 2. The fourth-order valence-corrected chi connectivity index (χ4v) is 6.76. The number of halogens is 1. The zero-order valence-corrected chi connectivity index (χ0v) is 25.7. The van der Waals surface area contributed by atoms with Crippen molar-refractivity contribution in [2.75, 3.05) is 25.6 Å². The van der Waals surface area contributed by atoms with Crippen molar-refractivity contribution in [3.63, 3.8) is 0 Å². The number of benzene rings is 1. The van der Waals surface area contributed by atoms with Crippen LogP contribution in [0.25, 0.3) is 11.2 Å². The Labute approximate surface area is 243 Å². The number of rotatable bonds is 11. The van der Waals surface area contributed by atoms with Crippen molar-refractivity contribution in [1.82, 2.24) is 24.6 Å². The van der Waals surface area contributed by atoms with Gasteiger partial charge in [0.1, 0.15) is 29.8 Å². The van der Waals surface area contributed by atoms with E-state index in [1.165, 1.54) is 17.8 Å². The van der Waals surface area contributed by atoms with E-state index in [4.69, 9.17) is 30.3 Å². The zero-order valence-electron chi connectivity index (χ0n) is 24.0. The summed E-state index contributed by atoms with van der Waals surface area (Å²) in [6.45, 7) is 4.25. The summed E-state index contributed by atoms with van der Waals surface area (Å²) in [5.41, 5.74) is -1.42. The molecule has 41 heavy (non-hydrogen) atoms. The van der Waals surface area contributed by atoms with Gasteiger partial charge >= 0.3 is 12.6 Å². The molecule has 1 aromatic carbocycles. The van der Waals surface area contributed by atoms with Crippen molar-refractivity contribution in [2.45, 2.75) is 70.9 Å². The summed E-state index contributed by atoms with van der Waals surface area (Å²) in [5, 5.41) is 13.9. The van der Waals surface area contributed by atoms with Crippen LogP contribution in [0.5, 0.6) is 5.75 Å². The van der Waals surface area contributed by atoms with Crippen molar-refractivity contribution in [3.8, 4) is 5.75 Å². The SMILES string of the molecule is Cc1nc(N(C)C)c2ncn([C@@H]3O[C@H](CO[P@](=S)(N[C@H](C)C(=O)OC(C)C)Oc4ccccc4)[C@@H](O)[C@@]3(C)F)c2n1. The molecule has 224 valence electrons. The molecule has 4 rings (SSSR count). The van der Waals surface area contributed by atoms with Gasteiger partial charge in [0.05, 0.1) is 19.0 Å². The number of aliphatic hydroxyl groups excluding tert-OH is 1. The zero-order chi connectivity index (χ0) is 30.1. The Morgan fingerprint density at radius 2 is 1.98 bits per heavy atom. The van der Waals surface area contributed by atoms with Gasteiger partial charge in [-0.25, -0.2) is 24.4 Å². The van der Waals surface area contributed by atoms with E-state index in [9.17, 15) is 9.90 Å². The molecular weight excluding hydrogens is 574 g/mol. The Hall–Kier alpha value is -2.74. The molecule has 0 radical (unpaired) electrons. The van der Waals surface area contributed by atoms with Gasteiger partial charge in [0.2, 0.25) is 0 Å². The first-order valence-electron chi connectivity index (χ1n) is 13.1. The number of anilines is 1. The van der Waals surface area contributed by atoms with Crippen LogP contribution in [0.2, 0.25) is 0 Å². The quantitative estimate of drug-likeness (QED) is 0.243. The first-order valence-corrected chi connectivity index (χ1v) is 15.7. The first-order chi connectivity index (χ1) is 19.2. The second-order valence-corrected chi connectivity index (χ2v) is 13.6. The minimum absolute atomic E-state index is 0.330. The fourth-order valence-electron chi connectivity index (χ4n) is 4.35. The van der Waals surface area contributed by atoms with Crippen molar-refractivity contribution < 1.29 is 32.8 Å². The monoisotopic (exact) mass is 610 g/mol. The molecule has 0 spiro atoms. The molecule has 6 atom stereocenters. The minimum atomic E-state index is -3.43. The Kier molecular flexibility index (Phi) is 9.32. The number of fused-ring (bicyclic) bond motifs is 1. The van der Waals surface area contributed by atoms with E-state index in [0.717, 1.165) is 0 Å². The van der Waals surface area contributed by atoms with Gasteiger partial charge in [-0.3, -0.25) is 9.36 Å². The summed E-state index contributed by atoms with van der Waals surface area (Å²) in [5.74, 6) is 0.909. The highest BCUT2D eigenvalue weighted by Crippen LogP contribution is 2.48. The normalized spacial score (nSPS) is 24.8. The highest BCUT2D eigenvalue weighted by molar-refractivity contribution is 8.09. The molecular formula is C26H36FN6O6PS. The predicted molar refractivity (Wildman–Crippen MR) is 155 cm³/mol. The molecule has 0 unspecified atom stereocenters. The maximum atomic E-state index is 16.1. The number of hydrogen-bond acceptors (Lipinski definition) is 11. The number of carbonyl (C=O) groups excluding carboxylic acids is 1. The van der Waals surface area contributed by atoms with Gasteiger partial charge in [0, 0.05) is 14.1 Å². The Morgan fingerprint density at radius 3 is 2.61 bits per heavy atom. The summed E-state index contributed by atoms with van der Waals surface area (Å²) in [6, 6.07) is 7.84. The molecule has 2 N–H and O–H groups in total. The molecule has 0 amide bonds. The minimum Gasteiger partial charge on any atom is -0.462 e. The van der Waals surface area contributed by atoms with E-state index in [1.54, 1.807) is 56.9 Å². The van der Waals surface area contributed by atoms with Crippen LogP contribution in [0, 0.1) is 6.92 Å². The highest BCUT2D eigenvalue weighted by atomic mass is 32.5.